The molecule has 1 aliphatic rings. The SMILES string of the molecule is N#CCC(=O)N1CCc2c[c]ccc2C1C(=O)NCc1ccc(Cl)cc1. The van der Waals surface area contributed by atoms with Crippen LogP contribution in [0.15, 0.2) is 42.5 Å². The lowest BCUT2D eigenvalue weighted by atomic mass is 9.91. The van der Waals surface area contributed by atoms with Crippen LogP contribution in [-0.2, 0) is 22.6 Å². The lowest BCUT2D eigenvalue weighted by molar-refractivity contribution is -0.140. The Labute approximate surface area is 157 Å². The first kappa shape index (κ1) is 18.0. The van der Waals surface area contributed by atoms with Gasteiger partial charge in [-0.15, -0.1) is 0 Å². The van der Waals surface area contributed by atoms with Crippen LogP contribution in [0.4, 0.5) is 0 Å². The quantitative estimate of drug-likeness (QED) is 0.904. The van der Waals surface area contributed by atoms with Gasteiger partial charge in [-0.25, -0.2) is 0 Å². The molecule has 1 N–H and O–H groups in total. The van der Waals surface area contributed by atoms with E-state index in [-0.39, 0.29) is 18.2 Å². The minimum absolute atomic E-state index is 0.241. The maximum Gasteiger partial charge on any atom is 0.247 e. The summed E-state index contributed by atoms with van der Waals surface area (Å²) in [4.78, 5) is 26.7. The van der Waals surface area contributed by atoms with Crippen molar-refractivity contribution in [2.75, 3.05) is 6.54 Å². The molecule has 2 aromatic carbocycles. The number of nitrogens with one attached hydrogen (secondary N) is 1. The van der Waals surface area contributed by atoms with Crippen molar-refractivity contribution in [2.45, 2.75) is 25.4 Å². The summed E-state index contributed by atoms with van der Waals surface area (Å²) in [6.07, 6.45) is 0.403. The van der Waals surface area contributed by atoms with Crippen LogP contribution < -0.4 is 5.32 Å². The Balaban J connectivity index is 1.82. The summed E-state index contributed by atoms with van der Waals surface area (Å²) in [7, 11) is 0. The number of halogens is 1. The van der Waals surface area contributed by atoms with Crippen LogP contribution in [0.5, 0.6) is 0 Å². The zero-order chi connectivity index (χ0) is 18.5. The van der Waals surface area contributed by atoms with Gasteiger partial charge in [0.15, 0.2) is 0 Å². The molecule has 0 spiro atoms. The number of carbonyl (C=O) groups excluding carboxylic acids is 2. The van der Waals surface area contributed by atoms with E-state index in [1.54, 1.807) is 18.2 Å². The van der Waals surface area contributed by atoms with E-state index in [0.717, 1.165) is 16.7 Å². The highest BCUT2D eigenvalue weighted by Gasteiger charge is 2.35. The first-order valence-electron chi connectivity index (χ1n) is 8.27. The topological polar surface area (TPSA) is 73.2 Å². The van der Waals surface area contributed by atoms with E-state index >= 15 is 0 Å². The van der Waals surface area contributed by atoms with Crippen LogP contribution in [0.1, 0.15) is 29.2 Å². The Kier molecular flexibility index (Phi) is 5.55. The molecular weight excluding hydrogens is 350 g/mol. The smallest absolute Gasteiger partial charge is 0.247 e. The van der Waals surface area contributed by atoms with Gasteiger partial charge in [-0.2, -0.15) is 5.26 Å². The van der Waals surface area contributed by atoms with Crippen molar-refractivity contribution in [2.24, 2.45) is 0 Å². The third-order valence-corrected chi connectivity index (χ3v) is 4.65. The molecule has 1 heterocycles. The Morgan fingerprint density at radius 2 is 2.08 bits per heavy atom. The van der Waals surface area contributed by atoms with E-state index in [1.807, 2.05) is 30.3 Å². The van der Waals surface area contributed by atoms with Crippen molar-refractivity contribution in [1.82, 2.24) is 10.2 Å². The van der Waals surface area contributed by atoms with Crippen LogP contribution in [0.25, 0.3) is 0 Å². The molecule has 0 aliphatic carbocycles. The largest absolute Gasteiger partial charge is 0.350 e. The van der Waals surface area contributed by atoms with Gasteiger partial charge in [-0.3, -0.25) is 9.59 Å². The van der Waals surface area contributed by atoms with E-state index in [1.165, 1.54) is 4.90 Å². The van der Waals surface area contributed by atoms with Gasteiger partial charge in [-0.1, -0.05) is 41.9 Å². The van der Waals surface area contributed by atoms with Gasteiger partial charge in [-0.05, 0) is 41.3 Å². The number of nitriles is 1. The van der Waals surface area contributed by atoms with E-state index < -0.39 is 6.04 Å². The van der Waals surface area contributed by atoms with Crippen molar-refractivity contribution in [3.05, 3.63) is 70.2 Å². The molecule has 2 aromatic rings. The fraction of sp³-hybridized carbons (Fsp3) is 0.250. The molecule has 1 radical (unpaired) electrons. The van der Waals surface area contributed by atoms with Crippen molar-refractivity contribution < 1.29 is 9.59 Å². The van der Waals surface area contributed by atoms with Gasteiger partial charge in [0.2, 0.25) is 11.8 Å². The number of fused-ring (bicyclic) bond motifs is 1. The van der Waals surface area contributed by atoms with E-state index in [9.17, 15) is 9.59 Å². The predicted octanol–water partition coefficient (Wildman–Crippen LogP) is 2.80. The van der Waals surface area contributed by atoms with Gasteiger partial charge in [0, 0.05) is 18.1 Å². The highest BCUT2D eigenvalue weighted by atomic mass is 35.5. The molecule has 3 rings (SSSR count). The fourth-order valence-corrected chi connectivity index (χ4v) is 3.23. The van der Waals surface area contributed by atoms with E-state index in [2.05, 4.69) is 11.4 Å². The van der Waals surface area contributed by atoms with Crippen molar-refractivity contribution in [3.63, 3.8) is 0 Å². The summed E-state index contributed by atoms with van der Waals surface area (Å²) in [5, 5.41) is 12.4. The molecule has 1 aliphatic heterocycles. The van der Waals surface area contributed by atoms with E-state index in [4.69, 9.17) is 16.9 Å². The zero-order valence-electron chi connectivity index (χ0n) is 14.0. The Morgan fingerprint density at radius 1 is 1.31 bits per heavy atom. The van der Waals surface area contributed by atoms with Crippen molar-refractivity contribution >= 4 is 23.4 Å². The monoisotopic (exact) mass is 366 g/mol. The summed E-state index contributed by atoms with van der Waals surface area (Å²) < 4.78 is 0. The van der Waals surface area contributed by atoms with Crippen LogP contribution in [-0.4, -0.2) is 23.3 Å². The molecule has 26 heavy (non-hydrogen) atoms. The molecule has 0 saturated heterocycles. The third kappa shape index (κ3) is 3.87. The summed E-state index contributed by atoms with van der Waals surface area (Å²) in [5.74, 6) is -0.601. The minimum Gasteiger partial charge on any atom is -0.350 e. The second-order valence-corrected chi connectivity index (χ2v) is 6.48. The Bertz CT molecular complexity index is 858. The molecule has 0 aromatic heterocycles. The first-order chi connectivity index (χ1) is 12.6. The number of nitrogens with zero attached hydrogens (tertiary/aromatic N) is 2. The lowest BCUT2D eigenvalue weighted by Crippen LogP contribution is -2.47. The molecule has 5 nitrogen and oxygen atoms in total. The average Bonchev–Trinajstić information content (AvgIpc) is 2.66. The molecule has 0 saturated carbocycles. The highest BCUT2D eigenvalue weighted by Crippen LogP contribution is 2.30. The highest BCUT2D eigenvalue weighted by molar-refractivity contribution is 6.30. The fourth-order valence-electron chi connectivity index (χ4n) is 3.11. The molecule has 0 fully saturated rings. The number of amides is 2. The van der Waals surface area contributed by atoms with Crippen molar-refractivity contribution in [3.8, 4) is 6.07 Å². The summed E-state index contributed by atoms with van der Waals surface area (Å²) >= 11 is 5.88. The molecule has 1 unspecified atom stereocenters. The second kappa shape index (κ2) is 8.03. The average molecular weight is 367 g/mol. The predicted molar refractivity (Wildman–Crippen MR) is 97.0 cm³/mol. The van der Waals surface area contributed by atoms with Gasteiger partial charge < -0.3 is 10.2 Å². The minimum atomic E-state index is -0.735. The molecule has 0 bridgehead atoms. The molecule has 2 amide bonds. The van der Waals surface area contributed by atoms with Crippen LogP contribution in [0, 0.1) is 17.4 Å². The number of benzene rings is 2. The van der Waals surface area contributed by atoms with Gasteiger partial charge in [0.05, 0.1) is 6.07 Å². The zero-order valence-corrected chi connectivity index (χ0v) is 14.8. The normalized spacial score (nSPS) is 15.7. The van der Waals surface area contributed by atoms with Crippen molar-refractivity contribution in [1.29, 1.82) is 5.26 Å². The lowest BCUT2D eigenvalue weighted by Gasteiger charge is -2.36. The molecule has 6 heteroatoms. The number of carbonyl (C=O) groups is 2. The number of hydrogen-bond donors (Lipinski definition) is 1. The maximum absolute atomic E-state index is 12.9. The van der Waals surface area contributed by atoms with Crippen LogP contribution in [0.3, 0.4) is 0 Å². The van der Waals surface area contributed by atoms with Gasteiger partial charge in [0.1, 0.15) is 12.5 Å². The van der Waals surface area contributed by atoms with E-state index in [0.29, 0.717) is 24.5 Å². The Hall–Kier alpha value is -2.84. The molecule has 131 valence electrons. The van der Waals surface area contributed by atoms with Gasteiger partial charge >= 0.3 is 0 Å². The summed E-state index contributed by atoms with van der Waals surface area (Å²) in [6.45, 7) is 0.742. The number of rotatable bonds is 4. The number of hydrogen-bond acceptors (Lipinski definition) is 3. The third-order valence-electron chi connectivity index (χ3n) is 4.39. The standard InChI is InChI=1S/C20H17ClN3O2/c21-16-7-5-14(6-8-16)13-23-20(26)19-17-4-2-1-3-15(17)10-12-24(19)18(25)9-11-22/h2-8,19H,9-10,12-13H2,(H,23,26). The summed E-state index contributed by atoms with van der Waals surface area (Å²) in [5.41, 5.74) is 2.70. The van der Waals surface area contributed by atoms with Gasteiger partial charge in [0.25, 0.3) is 0 Å². The maximum atomic E-state index is 12.9. The Morgan fingerprint density at radius 3 is 2.81 bits per heavy atom. The molecule has 1 atom stereocenters. The summed E-state index contributed by atoms with van der Waals surface area (Å²) in [6, 6.07) is 16.7. The first-order valence-corrected chi connectivity index (χ1v) is 8.65. The van der Waals surface area contributed by atoms with Crippen LogP contribution >= 0.6 is 11.6 Å². The molecular formula is C20H17ClN3O2. The second-order valence-electron chi connectivity index (χ2n) is 6.04. The van der Waals surface area contributed by atoms with Crippen LogP contribution in [0.2, 0.25) is 5.02 Å².